The third kappa shape index (κ3) is 6.95. The number of carboxylic acid groups (broad SMARTS) is 1. The van der Waals surface area contributed by atoms with Gasteiger partial charge in [0.15, 0.2) is 0 Å². The first-order valence-electron chi connectivity index (χ1n) is 6.24. The summed E-state index contributed by atoms with van der Waals surface area (Å²) in [4.78, 5) is 22.8. The predicted molar refractivity (Wildman–Crippen MR) is 86.2 cm³/mol. The molecule has 2 N–H and O–H groups in total. The molecular weight excluding hydrogens is 406 g/mol. The molecule has 21 heavy (non-hydrogen) atoms. The summed E-state index contributed by atoms with van der Waals surface area (Å²) in [7, 11) is 0. The maximum atomic E-state index is 11.8. The third-order valence-electron chi connectivity index (χ3n) is 2.36. The number of benzene rings is 1. The van der Waals surface area contributed by atoms with Crippen molar-refractivity contribution in [3.05, 3.63) is 32.7 Å². The number of carboxylic acids is 1. The van der Waals surface area contributed by atoms with Gasteiger partial charge >= 0.3 is 12.1 Å². The lowest BCUT2D eigenvalue weighted by Gasteiger charge is -2.23. The van der Waals surface area contributed by atoms with E-state index in [1.54, 1.807) is 32.9 Å². The Morgan fingerprint density at radius 2 is 1.76 bits per heavy atom. The topological polar surface area (TPSA) is 75.6 Å². The number of carbonyl (C=O) groups excluding carboxylic acids is 1. The van der Waals surface area contributed by atoms with Crippen LogP contribution in [0, 0.1) is 0 Å². The molecule has 0 unspecified atom stereocenters. The van der Waals surface area contributed by atoms with E-state index in [9.17, 15) is 9.59 Å². The van der Waals surface area contributed by atoms with E-state index >= 15 is 0 Å². The summed E-state index contributed by atoms with van der Waals surface area (Å²) in [6.45, 7) is 5.23. The van der Waals surface area contributed by atoms with Crippen molar-refractivity contribution in [1.29, 1.82) is 0 Å². The third-order valence-corrected chi connectivity index (χ3v) is 3.27. The van der Waals surface area contributed by atoms with E-state index in [0.29, 0.717) is 5.56 Å². The monoisotopic (exact) mass is 421 g/mol. The lowest BCUT2D eigenvalue weighted by molar-refractivity contribution is -0.137. The summed E-state index contributed by atoms with van der Waals surface area (Å²) in [6, 6.07) is 4.67. The van der Waals surface area contributed by atoms with Crippen LogP contribution in [0.5, 0.6) is 0 Å². The average Bonchev–Trinajstić information content (AvgIpc) is 2.23. The summed E-state index contributed by atoms with van der Waals surface area (Å²) < 4.78 is 6.74. The van der Waals surface area contributed by atoms with Gasteiger partial charge in [0.1, 0.15) is 5.60 Å². The number of hydrogen-bond acceptors (Lipinski definition) is 3. The molecule has 0 aliphatic heterocycles. The van der Waals surface area contributed by atoms with Crippen molar-refractivity contribution in [1.82, 2.24) is 5.32 Å². The molecule has 5 nitrogen and oxygen atoms in total. The minimum atomic E-state index is -1.01. The lowest BCUT2D eigenvalue weighted by atomic mass is 10.0. The zero-order valence-corrected chi connectivity index (χ0v) is 15.1. The van der Waals surface area contributed by atoms with Crippen molar-refractivity contribution in [3.8, 4) is 0 Å². The molecule has 1 rings (SSSR count). The highest BCUT2D eigenvalue weighted by Gasteiger charge is 2.22. The van der Waals surface area contributed by atoms with Crippen LogP contribution < -0.4 is 5.32 Å². The van der Waals surface area contributed by atoms with Crippen LogP contribution in [0.15, 0.2) is 27.1 Å². The average molecular weight is 423 g/mol. The second-order valence-corrected chi connectivity index (χ2v) is 7.33. The van der Waals surface area contributed by atoms with Crippen LogP contribution in [0.4, 0.5) is 4.79 Å². The second kappa shape index (κ2) is 7.26. The minimum Gasteiger partial charge on any atom is -0.481 e. The maximum Gasteiger partial charge on any atom is 0.408 e. The van der Waals surface area contributed by atoms with Gasteiger partial charge in [0.2, 0.25) is 0 Å². The molecule has 0 aliphatic rings. The summed E-state index contributed by atoms with van der Waals surface area (Å²) in [5.74, 6) is -1.01. The normalized spacial score (nSPS) is 12.6. The van der Waals surface area contributed by atoms with E-state index in [0.717, 1.165) is 8.95 Å². The van der Waals surface area contributed by atoms with E-state index in [2.05, 4.69) is 37.2 Å². The molecule has 1 atom stereocenters. The number of carbonyl (C=O) groups is 2. The first kappa shape index (κ1) is 18.0. The molecule has 0 aliphatic carbocycles. The first-order valence-corrected chi connectivity index (χ1v) is 7.83. The number of alkyl carbamates (subject to hydrolysis) is 1. The van der Waals surface area contributed by atoms with Gasteiger partial charge in [0, 0.05) is 8.95 Å². The second-order valence-electron chi connectivity index (χ2n) is 5.50. The smallest absolute Gasteiger partial charge is 0.408 e. The van der Waals surface area contributed by atoms with Gasteiger partial charge in [-0.05, 0) is 44.5 Å². The number of rotatable bonds is 4. The fraction of sp³-hybridized carbons (Fsp3) is 0.429. The van der Waals surface area contributed by atoms with E-state index in [1.165, 1.54) is 0 Å². The molecule has 0 saturated heterocycles. The molecule has 0 bridgehead atoms. The van der Waals surface area contributed by atoms with E-state index < -0.39 is 23.7 Å². The SMILES string of the molecule is CC(C)(C)OC(=O)N[C@H](CC(=O)O)c1cc(Br)cc(Br)c1. The van der Waals surface area contributed by atoms with E-state index in [1.807, 2.05) is 6.07 Å². The lowest BCUT2D eigenvalue weighted by Crippen LogP contribution is -2.35. The summed E-state index contributed by atoms with van der Waals surface area (Å²) >= 11 is 6.68. The number of aliphatic carboxylic acids is 1. The zero-order chi connectivity index (χ0) is 16.2. The largest absolute Gasteiger partial charge is 0.481 e. The van der Waals surface area contributed by atoms with Gasteiger partial charge in [0.25, 0.3) is 0 Å². The quantitative estimate of drug-likeness (QED) is 0.760. The Hall–Kier alpha value is -1.08. The molecule has 0 aromatic heterocycles. The number of ether oxygens (including phenoxy) is 1. The Bertz CT molecular complexity index is 520. The fourth-order valence-electron chi connectivity index (χ4n) is 1.65. The van der Waals surface area contributed by atoms with Gasteiger partial charge in [-0.15, -0.1) is 0 Å². The highest BCUT2D eigenvalue weighted by atomic mass is 79.9. The Morgan fingerprint density at radius 1 is 1.24 bits per heavy atom. The Morgan fingerprint density at radius 3 is 2.19 bits per heavy atom. The van der Waals surface area contributed by atoms with Gasteiger partial charge < -0.3 is 15.2 Å². The standard InChI is InChI=1S/C14H17Br2NO4/c1-14(2,3)21-13(20)17-11(7-12(18)19)8-4-9(15)6-10(16)5-8/h4-6,11H,7H2,1-3H3,(H,17,20)(H,18,19)/t11-/m1/s1. The van der Waals surface area contributed by atoms with Crippen molar-refractivity contribution in [2.75, 3.05) is 0 Å². The fourth-order valence-corrected chi connectivity index (χ4v) is 2.98. The molecule has 0 heterocycles. The Balaban J connectivity index is 2.95. The van der Waals surface area contributed by atoms with Crippen LogP contribution in [0.2, 0.25) is 0 Å². The molecular formula is C14H17Br2NO4. The number of amides is 1. The van der Waals surface area contributed by atoms with Crippen LogP contribution in [-0.4, -0.2) is 22.8 Å². The van der Waals surface area contributed by atoms with Crippen molar-refractivity contribution < 1.29 is 19.4 Å². The highest BCUT2D eigenvalue weighted by molar-refractivity contribution is 9.11. The van der Waals surface area contributed by atoms with Gasteiger partial charge in [0.05, 0.1) is 12.5 Å². The molecule has 1 aromatic carbocycles. The van der Waals surface area contributed by atoms with Crippen molar-refractivity contribution >= 4 is 43.9 Å². The zero-order valence-electron chi connectivity index (χ0n) is 11.9. The molecule has 116 valence electrons. The van der Waals surface area contributed by atoms with Gasteiger partial charge in [-0.25, -0.2) is 4.79 Å². The number of halogens is 2. The Kier molecular flexibility index (Phi) is 6.22. The van der Waals surface area contributed by atoms with Crippen LogP contribution in [0.1, 0.15) is 38.8 Å². The van der Waals surface area contributed by atoms with Gasteiger partial charge in [-0.2, -0.15) is 0 Å². The van der Waals surface area contributed by atoms with Crippen LogP contribution in [0.3, 0.4) is 0 Å². The van der Waals surface area contributed by atoms with Gasteiger partial charge in [-0.3, -0.25) is 4.79 Å². The number of nitrogens with one attached hydrogen (secondary N) is 1. The van der Waals surface area contributed by atoms with Crippen LogP contribution in [0.25, 0.3) is 0 Å². The van der Waals surface area contributed by atoms with Gasteiger partial charge in [-0.1, -0.05) is 31.9 Å². The summed E-state index contributed by atoms with van der Waals surface area (Å²) in [6.07, 6.45) is -0.882. The summed E-state index contributed by atoms with van der Waals surface area (Å²) in [5.41, 5.74) is 0.0277. The van der Waals surface area contributed by atoms with Crippen LogP contribution in [-0.2, 0) is 9.53 Å². The molecule has 1 aromatic rings. The molecule has 0 saturated carbocycles. The molecule has 0 radical (unpaired) electrons. The molecule has 7 heteroatoms. The predicted octanol–water partition coefficient (Wildman–Crippen LogP) is 4.25. The first-order chi connectivity index (χ1) is 9.56. The van der Waals surface area contributed by atoms with Crippen molar-refractivity contribution in [2.45, 2.75) is 38.8 Å². The molecule has 0 spiro atoms. The molecule has 0 fully saturated rings. The van der Waals surface area contributed by atoms with Crippen molar-refractivity contribution in [3.63, 3.8) is 0 Å². The van der Waals surface area contributed by atoms with Crippen LogP contribution >= 0.6 is 31.9 Å². The van der Waals surface area contributed by atoms with E-state index in [4.69, 9.17) is 9.84 Å². The summed E-state index contributed by atoms with van der Waals surface area (Å²) in [5, 5.41) is 11.6. The Labute approximate surface area is 140 Å². The number of hydrogen-bond donors (Lipinski definition) is 2. The van der Waals surface area contributed by atoms with Crippen molar-refractivity contribution in [2.24, 2.45) is 0 Å². The highest BCUT2D eigenvalue weighted by Crippen LogP contribution is 2.26. The van der Waals surface area contributed by atoms with E-state index in [-0.39, 0.29) is 6.42 Å². The minimum absolute atomic E-state index is 0.234. The molecule has 1 amide bonds. The maximum absolute atomic E-state index is 11.8.